The van der Waals surface area contributed by atoms with Gasteiger partial charge in [-0.1, -0.05) is 0 Å². The number of nitrogens with zero attached hydrogens (tertiary/aromatic N) is 2. The number of amides is 2. The minimum absolute atomic E-state index is 0.0479. The van der Waals surface area contributed by atoms with Gasteiger partial charge in [-0.2, -0.15) is 5.26 Å². The van der Waals surface area contributed by atoms with Crippen LogP contribution in [0.5, 0.6) is 0 Å². The number of hydrogen-bond acceptors (Lipinski definition) is 7. The maximum absolute atomic E-state index is 12.1. The van der Waals surface area contributed by atoms with E-state index in [-0.39, 0.29) is 23.5 Å². The number of benzene rings is 1. The molecule has 1 aliphatic heterocycles. The highest BCUT2D eigenvalue weighted by Crippen LogP contribution is 2.17. The standard InChI is InChI=1S/C17H19N3O6S/c1-20(14-7-9-27(24,25)11-14)16(22)10-26-17(23)12-2-4-13(5-3-12)19-15(21)6-8-18/h2-5,14H,6-7,9-11H2,1H3,(H,19,21)/t14-/m0/s1. The molecule has 1 saturated heterocycles. The Morgan fingerprint density at radius 2 is 1.96 bits per heavy atom. The lowest BCUT2D eigenvalue weighted by Crippen LogP contribution is -2.40. The summed E-state index contributed by atoms with van der Waals surface area (Å²) < 4.78 is 27.9. The highest BCUT2D eigenvalue weighted by Gasteiger charge is 2.32. The van der Waals surface area contributed by atoms with E-state index in [9.17, 15) is 22.8 Å². The Labute approximate surface area is 156 Å². The normalized spacial score (nSPS) is 17.6. The molecule has 2 rings (SSSR count). The highest BCUT2D eigenvalue weighted by molar-refractivity contribution is 7.91. The third kappa shape index (κ3) is 5.79. The van der Waals surface area contributed by atoms with Crippen LogP contribution in [0.15, 0.2) is 24.3 Å². The van der Waals surface area contributed by atoms with Gasteiger partial charge in [-0.25, -0.2) is 13.2 Å². The number of rotatable bonds is 6. The Morgan fingerprint density at radius 1 is 1.30 bits per heavy atom. The molecule has 10 heteroatoms. The second-order valence-electron chi connectivity index (χ2n) is 6.10. The van der Waals surface area contributed by atoms with Crippen molar-refractivity contribution in [3.8, 4) is 6.07 Å². The molecule has 0 radical (unpaired) electrons. The van der Waals surface area contributed by atoms with E-state index in [0.717, 1.165) is 0 Å². The molecule has 0 saturated carbocycles. The van der Waals surface area contributed by atoms with Crippen molar-refractivity contribution in [3.63, 3.8) is 0 Å². The highest BCUT2D eigenvalue weighted by atomic mass is 32.2. The number of hydrogen-bond donors (Lipinski definition) is 1. The summed E-state index contributed by atoms with van der Waals surface area (Å²) in [6, 6.07) is 7.11. The average molecular weight is 393 g/mol. The van der Waals surface area contributed by atoms with Gasteiger partial charge in [0.2, 0.25) is 5.91 Å². The Kier molecular flexibility index (Phi) is 6.52. The molecule has 1 atom stereocenters. The number of ether oxygens (including phenoxy) is 1. The third-order valence-electron chi connectivity index (χ3n) is 4.12. The fourth-order valence-corrected chi connectivity index (χ4v) is 4.34. The van der Waals surface area contributed by atoms with Crippen molar-refractivity contribution in [2.45, 2.75) is 18.9 Å². The van der Waals surface area contributed by atoms with Crippen molar-refractivity contribution in [1.82, 2.24) is 4.90 Å². The Balaban J connectivity index is 1.85. The van der Waals surface area contributed by atoms with Gasteiger partial charge >= 0.3 is 5.97 Å². The zero-order valence-corrected chi connectivity index (χ0v) is 15.5. The molecule has 0 spiro atoms. The first-order chi connectivity index (χ1) is 12.7. The van der Waals surface area contributed by atoms with Gasteiger partial charge in [0.15, 0.2) is 16.4 Å². The van der Waals surface area contributed by atoms with Crippen LogP contribution in [0.4, 0.5) is 5.69 Å². The van der Waals surface area contributed by atoms with E-state index < -0.39 is 40.3 Å². The lowest BCUT2D eigenvalue weighted by molar-refractivity contribution is -0.134. The van der Waals surface area contributed by atoms with Crippen LogP contribution >= 0.6 is 0 Å². The molecule has 9 nitrogen and oxygen atoms in total. The summed E-state index contributed by atoms with van der Waals surface area (Å²) in [5, 5.41) is 10.9. The number of nitriles is 1. The predicted molar refractivity (Wildman–Crippen MR) is 95.4 cm³/mol. The summed E-state index contributed by atoms with van der Waals surface area (Å²) in [5.41, 5.74) is 0.609. The minimum Gasteiger partial charge on any atom is -0.452 e. The van der Waals surface area contributed by atoms with Gasteiger partial charge < -0.3 is 15.0 Å². The first-order valence-electron chi connectivity index (χ1n) is 8.12. The van der Waals surface area contributed by atoms with Crippen molar-refractivity contribution in [2.24, 2.45) is 0 Å². The molecule has 0 unspecified atom stereocenters. The molecule has 1 aromatic rings. The van der Waals surface area contributed by atoms with Crippen molar-refractivity contribution in [2.75, 3.05) is 30.5 Å². The van der Waals surface area contributed by atoms with Gasteiger partial charge in [0.1, 0.15) is 6.42 Å². The fraction of sp³-hybridized carbons (Fsp3) is 0.412. The number of carbonyl (C=O) groups is 3. The van der Waals surface area contributed by atoms with Crippen LogP contribution in [0.25, 0.3) is 0 Å². The topological polar surface area (TPSA) is 134 Å². The number of esters is 1. The molecule has 1 aromatic carbocycles. The van der Waals surface area contributed by atoms with Gasteiger partial charge in [-0.15, -0.1) is 0 Å². The van der Waals surface area contributed by atoms with Gasteiger partial charge in [0.25, 0.3) is 5.91 Å². The van der Waals surface area contributed by atoms with Crippen LogP contribution in [0, 0.1) is 11.3 Å². The smallest absolute Gasteiger partial charge is 0.338 e. The third-order valence-corrected chi connectivity index (χ3v) is 5.87. The fourth-order valence-electron chi connectivity index (χ4n) is 2.56. The van der Waals surface area contributed by atoms with E-state index in [1.54, 1.807) is 6.07 Å². The number of nitrogens with one attached hydrogen (secondary N) is 1. The second-order valence-corrected chi connectivity index (χ2v) is 8.33. The molecule has 0 bridgehead atoms. The molecule has 1 aliphatic rings. The summed E-state index contributed by atoms with van der Waals surface area (Å²) in [7, 11) is -1.63. The molecular formula is C17H19N3O6S. The molecule has 1 N–H and O–H groups in total. The summed E-state index contributed by atoms with van der Waals surface area (Å²) in [6.07, 6.45) is 0.0964. The van der Waals surface area contributed by atoms with Crippen molar-refractivity contribution < 1.29 is 27.5 Å². The number of likely N-dealkylation sites (N-methyl/N-ethyl adjacent to an activating group) is 1. The molecule has 1 heterocycles. The van der Waals surface area contributed by atoms with Gasteiger partial charge in [0.05, 0.1) is 23.1 Å². The Bertz CT molecular complexity index is 873. The van der Waals surface area contributed by atoms with Gasteiger partial charge in [-0.3, -0.25) is 9.59 Å². The molecule has 1 fully saturated rings. The summed E-state index contributed by atoms with van der Waals surface area (Å²) in [4.78, 5) is 36.7. The number of anilines is 1. The molecule has 144 valence electrons. The predicted octanol–water partition coefficient (Wildman–Crippen LogP) is 0.341. The van der Waals surface area contributed by atoms with Crippen LogP contribution in [-0.4, -0.2) is 62.3 Å². The first kappa shape index (κ1) is 20.4. The van der Waals surface area contributed by atoms with E-state index in [4.69, 9.17) is 10.00 Å². The van der Waals surface area contributed by atoms with Crippen LogP contribution in [0.2, 0.25) is 0 Å². The van der Waals surface area contributed by atoms with Crippen LogP contribution in [-0.2, 0) is 24.2 Å². The van der Waals surface area contributed by atoms with E-state index in [2.05, 4.69) is 5.32 Å². The van der Waals surface area contributed by atoms with E-state index in [1.165, 1.54) is 36.2 Å². The Hall–Kier alpha value is -2.93. The zero-order valence-electron chi connectivity index (χ0n) is 14.7. The molecule has 2 amide bonds. The average Bonchev–Trinajstić information content (AvgIpc) is 2.99. The lowest BCUT2D eigenvalue weighted by atomic mass is 10.2. The van der Waals surface area contributed by atoms with Gasteiger partial charge in [-0.05, 0) is 30.7 Å². The summed E-state index contributed by atoms with van der Waals surface area (Å²) in [5.74, 6) is -1.69. The molecule has 27 heavy (non-hydrogen) atoms. The number of carbonyl (C=O) groups excluding carboxylic acids is 3. The van der Waals surface area contributed by atoms with Crippen LogP contribution in [0.3, 0.4) is 0 Å². The van der Waals surface area contributed by atoms with E-state index >= 15 is 0 Å². The van der Waals surface area contributed by atoms with Gasteiger partial charge in [0, 0.05) is 18.8 Å². The summed E-state index contributed by atoms with van der Waals surface area (Å²) in [6.45, 7) is -0.494. The van der Waals surface area contributed by atoms with Crippen molar-refractivity contribution in [3.05, 3.63) is 29.8 Å². The molecule has 0 aromatic heterocycles. The monoisotopic (exact) mass is 393 g/mol. The first-order valence-corrected chi connectivity index (χ1v) is 9.94. The molecule has 0 aliphatic carbocycles. The quantitative estimate of drug-likeness (QED) is 0.689. The maximum atomic E-state index is 12.1. The zero-order chi connectivity index (χ0) is 20.0. The molecular weight excluding hydrogens is 374 g/mol. The van der Waals surface area contributed by atoms with Crippen LogP contribution < -0.4 is 5.32 Å². The summed E-state index contributed by atoms with van der Waals surface area (Å²) >= 11 is 0. The minimum atomic E-state index is -3.11. The SMILES string of the molecule is CN(C(=O)COC(=O)c1ccc(NC(=O)CC#N)cc1)[C@H]1CCS(=O)(=O)C1. The number of sulfone groups is 1. The van der Waals surface area contributed by atoms with Crippen LogP contribution in [0.1, 0.15) is 23.2 Å². The van der Waals surface area contributed by atoms with Crippen molar-refractivity contribution in [1.29, 1.82) is 5.26 Å². The van der Waals surface area contributed by atoms with Crippen molar-refractivity contribution >= 4 is 33.3 Å². The lowest BCUT2D eigenvalue weighted by Gasteiger charge is -2.23. The maximum Gasteiger partial charge on any atom is 0.338 e. The Morgan fingerprint density at radius 3 is 2.52 bits per heavy atom. The second kappa shape index (κ2) is 8.64. The van der Waals surface area contributed by atoms with E-state index in [0.29, 0.717) is 12.1 Å². The largest absolute Gasteiger partial charge is 0.452 e. The van der Waals surface area contributed by atoms with E-state index in [1.807, 2.05) is 0 Å².